The fourth-order valence-corrected chi connectivity index (χ4v) is 1.99. The summed E-state index contributed by atoms with van der Waals surface area (Å²) in [6, 6.07) is 3.35. The van der Waals surface area contributed by atoms with Crippen LogP contribution in [-0.4, -0.2) is 30.6 Å². The quantitative estimate of drug-likeness (QED) is 0.820. The van der Waals surface area contributed by atoms with Gasteiger partial charge in [-0.1, -0.05) is 39.3 Å². The number of rotatable bonds is 6. The molecule has 0 radical (unpaired) electrons. The zero-order valence-electron chi connectivity index (χ0n) is 12.7. The van der Waals surface area contributed by atoms with E-state index in [-0.39, 0.29) is 17.9 Å². The Morgan fingerprint density at radius 1 is 1.35 bits per heavy atom. The van der Waals surface area contributed by atoms with Gasteiger partial charge in [-0.15, -0.1) is 0 Å². The number of ether oxygens (including phenoxy) is 1. The van der Waals surface area contributed by atoms with E-state index < -0.39 is 0 Å². The molecule has 1 aromatic rings. The maximum atomic E-state index is 12.3. The molecule has 20 heavy (non-hydrogen) atoms. The number of nitrogens with zero attached hydrogens (tertiary/aromatic N) is 1. The second-order valence-electron chi connectivity index (χ2n) is 5.54. The Labute approximate surface area is 125 Å². The minimum atomic E-state index is -0.146. The van der Waals surface area contributed by atoms with Crippen molar-refractivity contribution in [3.8, 4) is 0 Å². The Morgan fingerprint density at radius 3 is 2.50 bits per heavy atom. The lowest BCUT2D eigenvalue weighted by molar-refractivity contribution is 0.0866. The minimum absolute atomic E-state index is 0.0260. The molecule has 4 nitrogen and oxygen atoms in total. The number of halogens is 1. The van der Waals surface area contributed by atoms with Crippen LogP contribution < -0.4 is 5.32 Å². The minimum Gasteiger partial charge on any atom is -0.383 e. The number of nitrogens with one attached hydrogen (secondary N) is 1. The number of amides is 1. The van der Waals surface area contributed by atoms with Crippen LogP contribution in [-0.2, 0) is 4.74 Å². The number of carbonyl (C=O) groups excluding carboxylic acids is 1. The van der Waals surface area contributed by atoms with Gasteiger partial charge in [-0.25, -0.2) is 4.98 Å². The zero-order valence-corrected chi connectivity index (χ0v) is 13.5. The molecule has 0 fully saturated rings. The average Bonchev–Trinajstić information content (AvgIpc) is 2.37. The molecule has 1 atom stereocenters. The number of hydrogen-bond donors (Lipinski definition) is 1. The van der Waals surface area contributed by atoms with Crippen LogP contribution in [0.2, 0.25) is 5.15 Å². The first-order valence-corrected chi connectivity index (χ1v) is 7.20. The topological polar surface area (TPSA) is 51.2 Å². The smallest absolute Gasteiger partial charge is 0.251 e. The summed E-state index contributed by atoms with van der Waals surface area (Å²) in [6.07, 6.45) is 0. The van der Waals surface area contributed by atoms with E-state index in [1.165, 1.54) is 0 Å². The molecule has 1 amide bonds. The lowest BCUT2D eigenvalue weighted by Crippen LogP contribution is -2.41. The van der Waals surface area contributed by atoms with Gasteiger partial charge in [0.15, 0.2) is 0 Å². The monoisotopic (exact) mass is 298 g/mol. The highest BCUT2D eigenvalue weighted by Gasteiger charge is 2.18. The van der Waals surface area contributed by atoms with Crippen molar-refractivity contribution in [3.05, 3.63) is 28.5 Å². The van der Waals surface area contributed by atoms with Crippen molar-refractivity contribution in [3.63, 3.8) is 0 Å². The lowest BCUT2D eigenvalue weighted by Gasteiger charge is -2.21. The molecule has 0 saturated carbocycles. The van der Waals surface area contributed by atoms with Gasteiger partial charge >= 0.3 is 0 Å². The molecule has 0 saturated heterocycles. The molecule has 0 aromatic carbocycles. The molecular formula is C15H23ClN2O2. The van der Waals surface area contributed by atoms with Gasteiger partial charge < -0.3 is 10.1 Å². The Balaban J connectivity index is 2.91. The van der Waals surface area contributed by atoms with Gasteiger partial charge in [0.05, 0.1) is 12.6 Å². The number of hydrogen-bond acceptors (Lipinski definition) is 3. The fraction of sp³-hybridized carbons (Fsp3) is 0.600. The molecule has 112 valence electrons. The largest absolute Gasteiger partial charge is 0.383 e. The number of carbonyl (C=O) groups is 1. The molecule has 0 spiro atoms. The van der Waals surface area contributed by atoms with E-state index in [9.17, 15) is 4.79 Å². The van der Waals surface area contributed by atoms with Crippen molar-refractivity contribution in [2.75, 3.05) is 13.7 Å². The maximum absolute atomic E-state index is 12.3. The van der Waals surface area contributed by atoms with E-state index in [0.29, 0.717) is 23.2 Å². The number of methoxy groups -OCH3 is 1. The summed E-state index contributed by atoms with van der Waals surface area (Å²) in [5, 5.41) is 3.32. The third-order valence-electron chi connectivity index (χ3n) is 3.14. The Kier molecular flexibility index (Phi) is 6.43. The Morgan fingerprint density at radius 2 is 2.00 bits per heavy atom. The van der Waals surface area contributed by atoms with Crippen LogP contribution in [0.5, 0.6) is 0 Å². The van der Waals surface area contributed by atoms with E-state index in [1.807, 2.05) is 27.7 Å². The van der Waals surface area contributed by atoms with E-state index in [0.717, 1.165) is 5.69 Å². The van der Waals surface area contributed by atoms with E-state index in [2.05, 4.69) is 10.3 Å². The van der Waals surface area contributed by atoms with Crippen molar-refractivity contribution in [2.24, 2.45) is 5.92 Å². The highest BCUT2D eigenvalue weighted by Crippen LogP contribution is 2.18. The Hall–Kier alpha value is -1.13. The first-order valence-electron chi connectivity index (χ1n) is 6.82. The van der Waals surface area contributed by atoms with Crippen LogP contribution >= 0.6 is 11.6 Å². The first kappa shape index (κ1) is 16.9. The lowest BCUT2D eigenvalue weighted by atomic mass is 10.0. The van der Waals surface area contributed by atoms with Crippen molar-refractivity contribution < 1.29 is 9.53 Å². The third kappa shape index (κ3) is 4.76. The van der Waals surface area contributed by atoms with E-state index in [4.69, 9.17) is 16.3 Å². The zero-order chi connectivity index (χ0) is 15.3. The normalized spacial score (nSPS) is 12.8. The second-order valence-corrected chi connectivity index (χ2v) is 5.92. The van der Waals surface area contributed by atoms with Gasteiger partial charge in [-0.2, -0.15) is 0 Å². The van der Waals surface area contributed by atoms with Gasteiger partial charge in [-0.3, -0.25) is 4.79 Å². The maximum Gasteiger partial charge on any atom is 0.251 e. The fourth-order valence-electron chi connectivity index (χ4n) is 1.78. The van der Waals surface area contributed by atoms with Crippen molar-refractivity contribution in [1.29, 1.82) is 0 Å². The van der Waals surface area contributed by atoms with E-state index in [1.54, 1.807) is 19.2 Å². The Bertz CT molecular complexity index is 461. The molecule has 1 rings (SSSR count). The molecular weight excluding hydrogens is 276 g/mol. The van der Waals surface area contributed by atoms with Crippen LogP contribution in [0.1, 0.15) is 49.7 Å². The van der Waals surface area contributed by atoms with Crippen molar-refractivity contribution >= 4 is 17.5 Å². The molecule has 5 heteroatoms. The summed E-state index contributed by atoms with van der Waals surface area (Å²) in [5.41, 5.74) is 1.35. The molecule has 1 aromatic heterocycles. The standard InChI is InChI=1S/C15H23ClN2O2/c1-9(2)12-6-11(7-14(16)17-12)15(19)18-13(8-20-5)10(3)4/h6-7,9-10,13H,8H2,1-5H3,(H,18,19). The van der Waals surface area contributed by atoms with Crippen LogP contribution in [0.25, 0.3) is 0 Å². The summed E-state index contributed by atoms with van der Waals surface area (Å²) >= 11 is 5.98. The predicted octanol–water partition coefficient (Wildman–Crippen LogP) is 3.26. The highest BCUT2D eigenvalue weighted by atomic mass is 35.5. The molecule has 0 bridgehead atoms. The third-order valence-corrected chi connectivity index (χ3v) is 3.33. The van der Waals surface area contributed by atoms with Crippen molar-refractivity contribution in [2.45, 2.75) is 39.7 Å². The molecule has 0 aliphatic carbocycles. The molecule has 1 heterocycles. The number of aromatic nitrogens is 1. The van der Waals surface area contributed by atoms with Crippen LogP contribution in [0, 0.1) is 5.92 Å². The highest BCUT2D eigenvalue weighted by molar-refractivity contribution is 6.29. The molecule has 1 N–H and O–H groups in total. The van der Waals surface area contributed by atoms with Gasteiger partial charge in [0.2, 0.25) is 0 Å². The first-order chi connectivity index (χ1) is 9.35. The summed E-state index contributed by atoms with van der Waals surface area (Å²) in [6.45, 7) is 8.61. The van der Waals surface area contributed by atoms with Crippen LogP contribution in [0.4, 0.5) is 0 Å². The van der Waals surface area contributed by atoms with Crippen LogP contribution in [0.15, 0.2) is 12.1 Å². The van der Waals surface area contributed by atoms with Gasteiger partial charge in [0, 0.05) is 18.4 Å². The average molecular weight is 299 g/mol. The second kappa shape index (κ2) is 7.60. The molecule has 0 aliphatic heterocycles. The van der Waals surface area contributed by atoms with Gasteiger partial charge in [0.25, 0.3) is 5.91 Å². The summed E-state index contributed by atoms with van der Waals surface area (Å²) < 4.78 is 5.13. The summed E-state index contributed by atoms with van der Waals surface area (Å²) in [7, 11) is 1.63. The van der Waals surface area contributed by atoms with Gasteiger partial charge in [0.1, 0.15) is 5.15 Å². The SMILES string of the molecule is COCC(NC(=O)c1cc(Cl)nc(C(C)C)c1)C(C)C. The van der Waals surface area contributed by atoms with E-state index >= 15 is 0 Å². The van der Waals surface area contributed by atoms with Gasteiger partial charge in [-0.05, 0) is 24.0 Å². The summed E-state index contributed by atoms with van der Waals surface area (Å²) in [5.74, 6) is 0.368. The summed E-state index contributed by atoms with van der Waals surface area (Å²) in [4.78, 5) is 16.5. The number of pyridine rings is 1. The van der Waals surface area contributed by atoms with Crippen LogP contribution in [0.3, 0.4) is 0 Å². The molecule has 1 unspecified atom stereocenters. The molecule has 0 aliphatic rings. The predicted molar refractivity (Wildman–Crippen MR) is 81.3 cm³/mol. The van der Waals surface area contributed by atoms with Crippen molar-refractivity contribution in [1.82, 2.24) is 10.3 Å².